The highest BCUT2D eigenvalue weighted by atomic mass is 32.2. The summed E-state index contributed by atoms with van der Waals surface area (Å²) < 4.78 is 4.65. The minimum atomic E-state index is -1.17. The molecule has 0 bridgehead atoms. The van der Waals surface area contributed by atoms with Gasteiger partial charge < -0.3 is 25.2 Å². The molecule has 2 rings (SSSR count). The lowest BCUT2D eigenvalue weighted by Gasteiger charge is -2.42. The van der Waals surface area contributed by atoms with E-state index in [1.165, 1.54) is 30.8 Å². The van der Waals surface area contributed by atoms with Crippen LogP contribution in [0.5, 0.6) is 0 Å². The van der Waals surface area contributed by atoms with Crippen molar-refractivity contribution in [3.63, 3.8) is 0 Å². The minimum absolute atomic E-state index is 0.364. The molecular weight excluding hydrogens is 260 g/mol. The minimum Gasteiger partial charge on any atom is -0.467 e. The number of aliphatic hydroxyl groups excluding tert-OH is 2. The summed E-state index contributed by atoms with van der Waals surface area (Å²) in [5, 5.41) is 21.9. The molecule has 0 aromatic heterocycles. The second kappa shape index (κ2) is 5.04. The summed E-state index contributed by atoms with van der Waals surface area (Å²) in [6.07, 6.45) is -2.26. The number of carbonyl (C=O) groups excluding carboxylic acids is 2. The van der Waals surface area contributed by atoms with Crippen molar-refractivity contribution in [2.45, 2.75) is 29.7 Å². The monoisotopic (exact) mass is 276 g/mol. The van der Waals surface area contributed by atoms with Gasteiger partial charge in [-0.3, -0.25) is 4.79 Å². The molecule has 0 saturated carbocycles. The van der Waals surface area contributed by atoms with Gasteiger partial charge in [0.2, 0.25) is 5.91 Å². The summed E-state index contributed by atoms with van der Waals surface area (Å²) in [6, 6.07) is -1.60. The topological polar surface area (TPSA) is 99.1 Å². The number of ether oxygens (including phenoxy) is 1. The molecule has 2 saturated heterocycles. The second-order valence-electron chi connectivity index (χ2n) is 4.26. The van der Waals surface area contributed by atoms with Gasteiger partial charge in [-0.25, -0.2) is 4.79 Å². The number of nitrogens with zero attached hydrogens (tertiary/aromatic N) is 1. The summed E-state index contributed by atoms with van der Waals surface area (Å²) in [7, 11) is 2.78. The van der Waals surface area contributed by atoms with E-state index in [0.717, 1.165) is 0 Å². The van der Waals surface area contributed by atoms with E-state index in [0.29, 0.717) is 5.75 Å². The molecule has 0 aliphatic carbocycles. The number of piperidine rings is 1. The number of methoxy groups -OCH3 is 1. The lowest BCUT2D eigenvalue weighted by atomic mass is 9.97. The van der Waals surface area contributed by atoms with Crippen LogP contribution in [-0.4, -0.2) is 76.6 Å². The van der Waals surface area contributed by atoms with Crippen molar-refractivity contribution in [2.75, 3.05) is 19.9 Å². The van der Waals surface area contributed by atoms with Crippen LogP contribution in [0.2, 0.25) is 0 Å². The zero-order valence-corrected chi connectivity index (χ0v) is 10.9. The van der Waals surface area contributed by atoms with Gasteiger partial charge in [-0.15, -0.1) is 11.8 Å². The number of rotatable bonds is 2. The maximum absolute atomic E-state index is 12.2. The molecule has 2 aliphatic rings. The molecular formula is C10H16N2O5S. The number of carbonyl (C=O) groups is 2. The standard InChI is InChI=1S/C10H16N2O5S/c1-11-5-6(13)7(14)9-12(8(5)15)4(3-18-9)10(16)17-2/h4-7,9,11,13-14H,3H2,1-2H3/t4-,5?,6+,7-,9-/m0/s1. The smallest absolute Gasteiger partial charge is 0.329 e. The number of likely N-dealkylation sites (N-methyl/N-ethyl adjacent to an activating group) is 1. The number of fused-ring (bicyclic) bond motifs is 1. The Kier molecular flexibility index (Phi) is 3.81. The van der Waals surface area contributed by atoms with Gasteiger partial charge in [0.25, 0.3) is 0 Å². The average molecular weight is 276 g/mol. The van der Waals surface area contributed by atoms with Crippen molar-refractivity contribution in [2.24, 2.45) is 0 Å². The van der Waals surface area contributed by atoms with Gasteiger partial charge in [0.1, 0.15) is 29.7 Å². The van der Waals surface area contributed by atoms with Crippen LogP contribution in [0.3, 0.4) is 0 Å². The summed E-state index contributed by atoms with van der Waals surface area (Å²) in [5.41, 5.74) is 0. The third-order valence-corrected chi connectivity index (χ3v) is 4.68. The number of aliphatic hydroxyl groups is 2. The Morgan fingerprint density at radius 3 is 2.72 bits per heavy atom. The van der Waals surface area contributed by atoms with Crippen LogP contribution in [0.1, 0.15) is 0 Å². The fraction of sp³-hybridized carbons (Fsp3) is 0.800. The van der Waals surface area contributed by atoms with Crippen molar-refractivity contribution < 1.29 is 24.5 Å². The lowest BCUT2D eigenvalue weighted by molar-refractivity contribution is -0.163. The van der Waals surface area contributed by atoms with Crippen LogP contribution < -0.4 is 5.32 Å². The van der Waals surface area contributed by atoms with Gasteiger partial charge in [-0.2, -0.15) is 0 Å². The second-order valence-corrected chi connectivity index (χ2v) is 5.41. The van der Waals surface area contributed by atoms with E-state index in [2.05, 4.69) is 10.1 Å². The molecule has 0 aromatic rings. The number of hydrogen-bond donors (Lipinski definition) is 3. The Hall–Kier alpha value is -0.830. The predicted octanol–water partition coefficient (Wildman–Crippen LogP) is -2.25. The molecule has 0 spiro atoms. The third-order valence-electron chi connectivity index (χ3n) is 3.32. The van der Waals surface area contributed by atoms with Crippen LogP contribution in [-0.2, 0) is 14.3 Å². The molecule has 8 heteroatoms. The predicted molar refractivity (Wildman–Crippen MR) is 63.8 cm³/mol. The van der Waals surface area contributed by atoms with Crippen LogP contribution in [0.15, 0.2) is 0 Å². The summed E-state index contributed by atoms with van der Waals surface area (Å²) in [6.45, 7) is 0. The maximum Gasteiger partial charge on any atom is 0.329 e. The number of hydrogen-bond acceptors (Lipinski definition) is 7. The van der Waals surface area contributed by atoms with Gasteiger partial charge in [0.05, 0.1) is 7.11 Å². The Bertz CT molecular complexity index is 366. The number of esters is 1. The first-order valence-electron chi connectivity index (χ1n) is 5.58. The summed E-state index contributed by atoms with van der Waals surface area (Å²) >= 11 is 1.27. The Morgan fingerprint density at radius 2 is 2.17 bits per heavy atom. The van der Waals surface area contributed by atoms with Crippen molar-refractivity contribution >= 4 is 23.6 Å². The summed E-state index contributed by atoms with van der Waals surface area (Å²) in [4.78, 5) is 25.1. The Morgan fingerprint density at radius 1 is 1.50 bits per heavy atom. The zero-order valence-electron chi connectivity index (χ0n) is 10.1. The largest absolute Gasteiger partial charge is 0.467 e. The molecule has 7 nitrogen and oxygen atoms in total. The number of nitrogens with one attached hydrogen (secondary N) is 1. The molecule has 18 heavy (non-hydrogen) atoms. The molecule has 2 fully saturated rings. The molecule has 2 heterocycles. The first kappa shape index (κ1) is 13.6. The van der Waals surface area contributed by atoms with Crippen LogP contribution in [0.4, 0.5) is 0 Å². The Labute approximate surface area is 108 Å². The molecule has 1 unspecified atom stereocenters. The highest BCUT2D eigenvalue weighted by Crippen LogP contribution is 2.37. The maximum atomic E-state index is 12.2. The van der Waals surface area contributed by atoms with Crippen LogP contribution >= 0.6 is 11.8 Å². The highest BCUT2D eigenvalue weighted by molar-refractivity contribution is 8.00. The SMILES string of the molecule is CNC1C(=O)N2[C@H](C(=O)OC)CS[C@H]2[C@@H](O)[C@@H]1O. The third kappa shape index (κ3) is 1.89. The number of thioether (sulfide) groups is 1. The molecule has 2 aliphatic heterocycles. The first-order chi connectivity index (χ1) is 8.52. The molecule has 0 radical (unpaired) electrons. The van der Waals surface area contributed by atoms with E-state index in [1.54, 1.807) is 0 Å². The molecule has 1 amide bonds. The van der Waals surface area contributed by atoms with Gasteiger partial charge in [-0.1, -0.05) is 0 Å². The summed E-state index contributed by atoms with van der Waals surface area (Å²) in [5.74, 6) is -0.527. The van der Waals surface area contributed by atoms with Crippen molar-refractivity contribution in [3.8, 4) is 0 Å². The van der Waals surface area contributed by atoms with E-state index >= 15 is 0 Å². The van der Waals surface area contributed by atoms with Crippen LogP contribution in [0.25, 0.3) is 0 Å². The van der Waals surface area contributed by atoms with E-state index in [-0.39, 0.29) is 5.91 Å². The van der Waals surface area contributed by atoms with Gasteiger partial charge in [0.15, 0.2) is 0 Å². The van der Waals surface area contributed by atoms with E-state index in [1.807, 2.05) is 0 Å². The first-order valence-corrected chi connectivity index (χ1v) is 6.62. The number of amides is 1. The fourth-order valence-corrected chi connectivity index (χ4v) is 3.80. The molecule has 3 N–H and O–H groups in total. The average Bonchev–Trinajstić information content (AvgIpc) is 2.81. The fourth-order valence-electron chi connectivity index (χ4n) is 2.35. The van der Waals surface area contributed by atoms with Crippen molar-refractivity contribution in [3.05, 3.63) is 0 Å². The highest BCUT2D eigenvalue weighted by Gasteiger charge is 2.54. The van der Waals surface area contributed by atoms with Gasteiger partial charge in [-0.05, 0) is 7.05 Å². The molecule has 5 atom stereocenters. The normalized spacial score (nSPS) is 39.7. The van der Waals surface area contributed by atoms with Crippen molar-refractivity contribution in [1.82, 2.24) is 10.2 Å². The lowest BCUT2D eigenvalue weighted by Crippen LogP contribution is -2.67. The quantitative estimate of drug-likeness (QED) is 0.490. The van der Waals surface area contributed by atoms with Gasteiger partial charge in [0, 0.05) is 5.75 Å². The van der Waals surface area contributed by atoms with Crippen molar-refractivity contribution in [1.29, 1.82) is 0 Å². The van der Waals surface area contributed by atoms with E-state index in [9.17, 15) is 19.8 Å². The molecule has 102 valence electrons. The van der Waals surface area contributed by atoms with E-state index < -0.39 is 35.6 Å². The van der Waals surface area contributed by atoms with Gasteiger partial charge >= 0.3 is 5.97 Å². The van der Waals surface area contributed by atoms with Crippen LogP contribution in [0, 0.1) is 0 Å². The Balaban J connectivity index is 2.28. The zero-order chi connectivity index (χ0) is 13.4. The van der Waals surface area contributed by atoms with E-state index in [4.69, 9.17) is 0 Å². The molecule has 0 aromatic carbocycles.